The lowest BCUT2D eigenvalue weighted by molar-refractivity contribution is 0.769. The van der Waals surface area contributed by atoms with Crippen molar-refractivity contribution in [2.24, 2.45) is 0 Å². The molecule has 86 valence electrons. The summed E-state index contributed by atoms with van der Waals surface area (Å²) in [6, 6.07) is 4.15. The van der Waals surface area contributed by atoms with Gasteiger partial charge in [0.2, 0.25) is 0 Å². The van der Waals surface area contributed by atoms with Crippen molar-refractivity contribution in [2.75, 3.05) is 13.6 Å². The highest BCUT2D eigenvalue weighted by Gasteiger charge is 2.11. The second-order valence-corrected chi connectivity index (χ2v) is 6.10. The molecule has 0 aliphatic rings. The zero-order valence-electron chi connectivity index (χ0n) is 9.30. The third-order valence-corrected chi connectivity index (χ3v) is 4.17. The molecule has 2 aromatic rings. The van der Waals surface area contributed by atoms with Crippen LogP contribution in [-0.2, 0) is 6.42 Å². The molecule has 16 heavy (non-hydrogen) atoms. The van der Waals surface area contributed by atoms with E-state index < -0.39 is 0 Å². The number of thiophene rings is 1. The summed E-state index contributed by atoms with van der Waals surface area (Å²) in [6.45, 7) is 3.09. The first kappa shape index (κ1) is 11.8. The molecule has 0 aliphatic heterocycles. The molecule has 0 saturated heterocycles. The normalized spacial score (nSPS) is 10.9. The Morgan fingerprint density at radius 2 is 2.31 bits per heavy atom. The lowest BCUT2D eigenvalue weighted by Gasteiger charge is -1.98. The fourth-order valence-electron chi connectivity index (χ4n) is 1.61. The molecule has 0 atom stereocenters. The molecule has 2 N–H and O–H groups in total. The number of rotatable bonds is 4. The van der Waals surface area contributed by atoms with Gasteiger partial charge in [0.1, 0.15) is 5.69 Å². The minimum Gasteiger partial charge on any atom is -0.319 e. The van der Waals surface area contributed by atoms with Gasteiger partial charge in [-0.25, -0.2) is 0 Å². The van der Waals surface area contributed by atoms with E-state index >= 15 is 0 Å². The van der Waals surface area contributed by atoms with Gasteiger partial charge in [0, 0.05) is 18.7 Å². The van der Waals surface area contributed by atoms with E-state index in [-0.39, 0.29) is 0 Å². The van der Waals surface area contributed by atoms with Crippen LogP contribution in [0.1, 0.15) is 11.3 Å². The maximum Gasteiger partial charge on any atom is 0.105 e. The minimum absolute atomic E-state index is 0.969. The van der Waals surface area contributed by atoms with Crippen LogP contribution >= 0.6 is 27.3 Å². The minimum atomic E-state index is 0.969. The molecular weight excluding hydrogens is 286 g/mol. The Bertz CT molecular complexity index is 475. The molecular formula is C11H14BrN3S. The van der Waals surface area contributed by atoms with Crippen molar-refractivity contribution in [1.82, 2.24) is 15.5 Å². The molecule has 2 heterocycles. The average Bonchev–Trinajstić information content (AvgIpc) is 2.83. The molecule has 0 radical (unpaired) electrons. The molecule has 0 saturated carbocycles. The van der Waals surface area contributed by atoms with E-state index in [1.807, 2.05) is 7.05 Å². The standard InChI is InChI=1S/C11H14BrN3S/c1-7-8(5-6-13-2)14-15-11(7)9-3-4-10(12)16-9/h3-4,13H,5-6H2,1-2H3,(H,14,15). The summed E-state index contributed by atoms with van der Waals surface area (Å²) < 4.78 is 1.14. The lowest BCUT2D eigenvalue weighted by atomic mass is 10.1. The Balaban J connectivity index is 2.26. The summed E-state index contributed by atoms with van der Waals surface area (Å²) in [6.07, 6.45) is 0.988. The topological polar surface area (TPSA) is 40.7 Å². The van der Waals surface area contributed by atoms with E-state index in [2.05, 4.69) is 50.5 Å². The number of hydrogen-bond donors (Lipinski definition) is 2. The van der Waals surface area contributed by atoms with Gasteiger partial charge >= 0.3 is 0 Å². The van der Waals surface area contributed by atoms with Crippen molar-refractivity contribution in [3.05, 3.63) is 27.2 Å². The van der Waals surface area contributed by atoms with E-state index in [1.54, 1.807) is 11.3 Å². The van der Waals surface area contributed by atoms with Gasteiger partial charge in [0.25, 0.3) is 0 Å². The van der Waals surface area contributed by atoms with E-state index in [9.17, 15) is 0 Å². The Hall–Kier alpha value is -0.650. The zero-order valence-corrected chi connectivity index (χ0v) is 11.7. The van der Waals surface area contributed by atoms with E-state index in [4.69, 9.17) is 0 Å². The van der Waals surface area contributed by atoms with Crippen molar-refractivity contribution in [1.29, 1.82) is 0 Å². The predicted molar refractivity (Wildman–Crippen MR) is 72.0 cm³/mol. The Labute approximate surface area is 107 Å². The molecule has 0 aliphatic carbocycles. The van der Waals surface area contributed by atoms with Gasteiger partial charge in [-0.2, -0.15) is 5.10 Å². The van der Waals surface area contributed by atoms with Crippen molar-refractivity contribution in [3.8, 4) is 10.6 Å². The molecule has 3 nitrogen and oxygen atoms in total. The van der Waals surface area contributed by atoms with Gasteiger partial charge in [-0.05, 0) is 47.6 Å². The van der Waals surface area contributed by atoms with Gasteiger partial charge in [-0.1, -0.05) is 0 Å². The molecule has 2 rings (SSSR count). The number of nitrogens with one attached hydrogen (secondary N) is 2. The molecule has 2 aromatic heterocycles. The average molecular weight is 300 g/mol. The summed E-state index contributed by atoms with van der Waals surface area (Å²) >= 11 is 5.18. The highest BCUT2D eigenvalue weighted by atomic mass is 79.9. The molecule has 0 aromatic carbocycles. The van der Waals surface area contributed by atoms with Crippen LogP contribution in [0.3, 0.4) is 0 Å². The predicted octanol–water partition coefficient (Wildman–Crippen LogP) is 2.97. The second kappa shape index (κ2) is 5.12. The van der Waals surface area contributed by atoms with Crippen LogP contribution in [0, 0.1) is 6.92 Å². The molecule has 0 unspecified atom stereocenters. The third kappa shape index (κ3) is 2.36. The number of halogens is 1. The second-order valence-electron chi connectivity index (χ2n) is 3.63. The Morgan fingerprint density at radius 3 is 2.94 bits per heavy atom. The zero-order chi connectivity index (χ0) is 11.5. The lowest BCUT2D eigenvalue weighted by Crippen LogP contribution is -2.11. The fraction of sp³-hybridized carbons (Fsp3) is 0.364. The van der Waals surface area contributed by atoms with Crippen LogP contribution in [0.4, 0.5) is 0 Å². The number of aromatic amines is 1. The van der Waals surface area contributed by atoms with Gasteiger partial charge in [-0.15, -0.1) is 11.3 Å². The van der Waals surface area contributed by atoms with Crippen LogP contribution in [-0.4, -0.2) is 23.8 Å². The summed E-state index contributed by atoms with van der Waals surface area (Å²) in [7, 11) is 1.96. The number of aromatic nitrogens is 2. The number of nitrogens with zero attached hydrogens (tertiary/aromatic N) is 1. The molecule has 0 spiro atoms. The number of H-pyrrole nitrogens is 1. The monoisotopic (exact) mass is 299 g/mol. The summed E-state index contributed by atoms with van der Waals surface area (Å²) in [5, 5.41) is 10.7. The highest BCUT2D eigenvalue weighted by Crippen LogP contribution is 2.32. The SMILES string of the molecule is CNCCc1[nH]nc(-c2ccc(Br)s2)c1C. The van der Waals surface area contributed by atoms with Gasteiger partial charge < -0.3 is 5.32 Å². The van der Waals surface area contributed by atoms with Crippen LogP contribution < -0.4 is 5.32 Å². The molecule has 5 heteroatoms. The first-order chi connectivity index (χ1) is 7.72. The first-order valence-electron chi connectivity index (χ1n) is 5.16. The van der Waals surface area contributed by atoms with Crippen LogP contribution in [0.25, 0.3) is 10.6 Å². The van der Waals surface area contributed by atoms with Crippen LogP contribution in [0.2, 0.25) is 0 Å². The molecule has 0 bridgehead atoms. The van der Waals surface area contributed by atoms with E-state index in [0.29, 0.717) is 0 Å². The van der Waals surface area contributed by atoms with Gasteiger partial charge in [0.05, 0.1) is 8.66 Å². The van der Waals surface area contributed by atoms with Gasteiger partial charge in [-0.3, -0.25) is 5.10 Å². The highest BCUT2D eigenvalue weighted by molar-refractivity contribution is 9.11. The van der Waals surface area contributed by atoms with Gasteiger partial charge in [0.15, 0.2) is 0 Å². The Morgan fingerprint density at radius 1 is 1.50 bits per heavy atom. The molecule has 0 fully saturated rings. The summed E-state index contributed by atoms with van der Waals surface area (Å²) in [5.41, 5.74) is 3.54. The van der Waals surface area contributed by atoms with Crippen molar-refractivity contribution in [3.63, 3.8) is 0 Å². The van der Waals surface area contributed by atoms with E-state index in [0.717, 1.165) is 22.4 Å². The van der Waals surface area contributed by atoms with E-state index in [1.165, 1.54) is 16.1 Å². The number of likely N-dealkylation sites (N-methyl/N-ethyl adjacent to an activating group) is 1. The maximum absolute atomic E-state index is 4.39. The Kier molecular flexibility index (Phi) is 3.78. The number of hydrogen-bond acceptors (Lipinski definition) is 3. The summed E-state index contributed by atoms with van der Waals surface area (Å²) in [5.74, 6) is 0. The molecule has 0 amide bonds. The van der Waals surface area contributed by atoms with Crippen molar-refractivity contribution < 1.29 is 0 Å². The third-order valence-electron chi connectivity index (χ3n) is 2.54. The maximum atomic E-state index is 4.39. The fourth-order valence-corrected chi connectivity index (χ4v) is 3.04. The van der Waals surface area contributed by atoms with Crippen molar-refractivity contribution in [2.45, 2.75) is 13.3 Å². The largest absolute Gasteiger partial charge is 0.319 e. The van der Waals surface area contributed by atoms with Crippen LogP contribution in [0.5, 0.6) is 0 Å². The summed E-state index contributed by atoms with van der Waals surface area (Å²) in [4.78, 5) is 1.20. The quantitative estimate of drug-likeness (QED) is 0.911. The van der Waals surface area contributed by atoms with Crippen molar-refractivity contribution >= 4 is 27.3 Å². The first-order valence-corrected chi connectivity index (χ1v) is 6.77. The smallest absolute Gasteiger partial charge is 0.105 e. The van der Waals surface area contributed by atoms with Crippen LogP contribution in [0.15, 0.2) is 15.9 Å².